The van der Waals surface area contributed by atoms with Gasteiger partial charge in [0.1, 0.15) is 11.5 Å². The Bertz CT molecular complexity index is 955. The van der Waals surface area contributed by atoms with Crippen LogP contribution < -0.4 is 11.4 Å². The van der Waals surface area contributed by atoms with Gasteiger partial charge < -0.3 is 15.9 Å². The maximum absolute atomic E-state index is 12.3. The van der Waals surface area contributed by atoms with Crippen molar-refractivity contribution in [1.29, 1.82) is 0 Å². The minimum Gasteiger partial charge on any atom is -0.508 e. The molecule has 5 N–H and O–H groups in total. The molecular weight excluding hydrogens is 320 g/mol. The molecule has 0 aliphatic carbocycles. The average Bonchev–Trinajstić information content (AvgIpc) is 2.96. The molecule has 0 unspecified atom stereocenters. The van der Waals surface area contributed by atoms with Gasteiger partial charge in [0.15, 0.2) is 5.82 Å². The maximum Gasteiger partial charge on any atom is 0.348 e. The Morgan fingerprint density at radius 1 is 1.16 bits per heavy atom. The van der Waals surface area contributed by atoms with E-state index in [9.17, 15) is 15.0 Å². The third-order valence-corrected chi connectivity index (χ3v) is 4.11. The number of phenols is 2. The quantitative estimate of drug-likeness (QED) is 0.581. The predicted molar refractivity (Wildman–Crippen MR) is 94.9 cm³/mol. The number of nitrogens with two attached hydrogens (primary N) is 1. The van der Waals surface area contributed by atoms with Gasteiger partial charge in [0, 0.05) is 12.6 Å². The van der Waals surface area contributed by atoms with Gasteiger partial charge in [-0.15, -0.1) is 0 Å². The van der Waals surface area contributed by atoms with Crippen molar-refractivity contribution >= 4 is 0 Å². The molecule has 0 atom stereocenters. The maximum atomic E-state index is 12.3. The third kappa shape index (κ3) is 3.01. The summed E-state index contributed by atoms with van der Waals surface area (Å²) >= 11 is 0. The fraction of sp³-hybridized carbons (Fsp3) is 0.222. The number of H-pyrrole nitrogens is 1. The Morgan fingerprint density at radius 2 is 1.84 bits per heavy atom. The van der Waals surface area contributed by atoms with Gasteiger partial charge in [-0.3, -0.25) is 0 Å². The first-order valence-electron chi connectivity index (χ1n) is 7.95. The van der Waals surface area contributed by atoms with Crippen molar-refractivity contribution < 1.29 is 10.2 Å². The lowest BCUT2D eigenvalue weighted by molar-refractivity contribution is 0.444. The molecule has 7 heteroatoms. The fourth-order valence-electron chi connectivity index (χ4n) is 2.73. The molecule has 0 aliphatic heterocycles. The van der Waals surface area contributed by atoms with Crippen molar-refractivity contribution in [2.75, 3.05) is 0 Å². The van der Waals surface area contributed by atoms with Crippen LogP contribution in [0.25, 0.3) is 17.1 Å². The highest BCUT2D eigenvalue weighted by atomic mass is 16.3. The molecule has 1 aromatic heterocycles. The summed E-state index contributed by atoms with van der Waals surface area (Å²) in [5.74, 6) is 0.168. The van der Waals surface area contributed by atoms with Crippen LogP contribution in [-0.4, -0.2) is 25.0 Å². The van der Waals surface area contributed by atoms with Crippen LogP contribution >= 0.6 is 0 Å². The lowest BCUT2D eigenvalue weighted by Crippen LogP contribution is -2.15. The summed E-state index contributed by atoms with van der Waals surface area (Å²) in [5, 5.41) is 26.7. The fourth-order valence-corrected chi connectivity index (χ4v) is 2.73. The molecule has 7 nitrogen and oxygen atoms in total. The Kier molecular flexibility index (Phi) is 4.33. The number of rotatable bonds is 4. The highest BCUT2D eigenvalue weighted by molar-refractivity contribution is 5.69. The lowest BCUT2D eigenvalue weighted by Gasteiger charge is -2.13. The molecule has 0 radical (unpaired) electrons. The zero-order valence-corrected chi connectivity index (χ0v) is 14.0. The topological polar surface area (TPSA) is 117 Å². The van der Waals surface area contributed by atoms with E-state index in [1.807, 2.05) is 26.0 Å². The van der Waals surface area contributed by atoms with Gasteiger partial charge in [0.2, 0.25) is 0 Å². The van der Waals surface area contributed by atoms with Crippen LogP contribution in [-0.2, 0) is 6.54 Å². The molecule has 130 valence electrons. The number of aromatic amines is 1. The largest absolute Gasteiger partial charge is 0.508 e. The number of nitrogens with one attached hydrogen (secondary N) is 1. The summed E-state index contributed by atoms with van der Waals surface area (Å²) in [5.41, 5.74) is 7.75. The summed E-state index contributed by atoms with van der Waals surface area (Å²) in [6, 6.07) is 10.1. The van der Waals surface area contributed by atoms with Crippen molar-refractivity contribution in [1.82, 2.24) is 14.8 Å². The van der Waals surface area contributed by atoms with E-state index < -0.39 is 5.69 Å². The molecule has 0 bridgehead atoms. The summed E-state index contributed by atoms with van der Waals surface area (Å²) < 4.78 is 1.37. The molecule has 0 saturated heterocycles. The molecule has 25 heavy (non-hydrogen) atoms. The highest BCUT2D eigenvalue weighted by Gasteiger charge is 2.19. The molecular formula is C18H20N4O3. The predicted octanol–water partition coefficient (Wildman–Crippen LogP) is 2.22. The van der Waals surface area contributed by atoms with E-state index in [-0.39, 0.29) is 23.2 Å². The number of aromatic nitrogens is 3. The number of phenolic OH excluding ortho intramolecular Hbond substituents is 2. The second-order valence-electron chi connectivity index (χ2n) is 6.14. The number of aromatic hydroxyl groups is 2. The zero-order chi connectivity index (χ0) is 18.1. The van der Waals surface area contributed by atoms with Crippen LogP contribution in [0.4, 0.5) is 0 Å². The van der Waals surface area contributed by atoms with E-state index >= 15 is 0 Å². The molecule has 2 aromatic carbocycles. The molecule has 3 rings (SSSR count). The normalized spacial score (nSPS) is 11.2. The standard InChI is InChI=1S/C18H20N4O3/c1-10(2)13-7-14(16(24)8-15(13)23)17-20-21-18(25)22(17)12-5-3-11(9-19)4-6-12/h3-8,10,23-24H,9,19H2,1-2H3,(H,21,25). The van der Waals surface area contributed by atoms with E-state index in [2.05, 4.69) is 10.2 Å². The average molecular weight is 340 g/mol. The van der Waals surface area contributed by atoms with E-state index in [0.29, 0.717) is 23.4 Å². The van der Waals surface area contributed by atoms with Crippen LogP contribution in [0.5, 0.6) is 11.5 Å². The summed E-state index contributed by atoms with van der Waals surface area (Å²) in [6.45, 7) is 4.27. The van der Waals surface area contributed by atoms with Crippen molar-refractivity contribution in [3.8, 4) is 28.6 Å². The molecule has 0 amide bonds. The summed E-state index contributed by atoms with van der Waals surface area (Å²) in [4.78, 5) is 12.3. The first kappa shape index (κ1) is 16.8. The van der Waals surface area contributed by atoms with Crippen molar-refractivity contribution in [3.05, 3.63) is 58.0 Å². The van der Waals surface area contributed by atoms with E-state index in [1.165, 1.54) is 10.6 Å². The highest BCUT2D eigenvalue weighted by Crippen LogP contribution is 2.37. The zero-order valence-electron chi connectivity index (χ0n) is 14.0. The molecule has 0 fully saturated rings. The Hall–Kier alpha value is -3.06. The van der Waals surface area contributed by atoms with Crippen LogP contribution in [0.1, 0.15) is 30.9 Å². The van der Waals surface area contributed by atoms with Gasteiger partial charge in [0.25, 0.3) is 0 Å². The van der Waals surface area contributed by atoms with Crippen molar-refractivity contribution in [2.24, 2.45) is 5.73 Å². The molecule has 0 spiro atoms. The Balaban J connectivity index is 2.20. The Labute approximate surface area is 144 Å². The number of hydrogen-bond donors (Lipinski definition) is 4. The second-order valence-corrected chi connectivity index (χ2v) is 6.14. The van der Waals surface area contributed by atoms with Gasteiger partial charge in [-0.2, -0.15) is 5.10 Å². The number of benzene rings is 2. The van der Waals surface area contributed by atoms with Crippen LogP contribution in [0.3, 0.4) is 0 Å². The van der Waals surface area contributed by atoms with Crippen molar-refractivity contribution in [2.45, 2.75) is 26.3 Å². The van der Waals surface area contributed by atoms with E-state index in [1.54, 1.807) is 18.2 Å². The first-order valence-corrected chi connectivity index (χ1v) is 7.95. The molecule has 3 aromatic rings. The van der Waals surface area contributed by atoms with Gasteiger partial charge in [-0.1, -0.05) is 26.0 Å². The van der Waals surface area contributed by atoms with E-state index in [4.69, 9.17) is 5.73 Å². The Morgan fingerprint density at radius 3 is 2.44 bits per heavy atom. The van der Waals surface area contributed by atoms with Gasteiger partial charge in [-0.05, 0) is 35.2 Å². The lowest BCUT2D eigenvalue weighted by atomic mass is 9.98. The minimum absolute atomic E-state index is 0.00739. The van der Waals surface area contributed by atoms with Crippen molar-refractivity contribution in [3.63, 3.8) is 0 Å². The monoisotopic (exact) mass is 340 g/mol. The SMILES string of the molecule is CC(C)c1cc(-c2n[nH]c(=O)n2-c2ccc(CN)cc2)c(O)cc1O. The third-order valence-electron chi connectivity index (χ3n) is 4.11. The molecule has 0 saturated carbocycles. The molecule has 1 heterocycles. The van der Waals surface area contributed by atoms with Crippen LogP contribution in [0.2, 0.25) is 0 Å². The van der Waals surface area contributed by atoms with Gasteiger partial charge >= 0.3 is 5.69 Å². The van der Waals surface area contributed by atoms with E-state index in [0.717, 1.165) is 5.56 Å². The van der Waals surface area contributed by atoms with Crippen LogP contribution in [0, 0.1) is 0 Å². The number of nitrogens with zero attached hydrogens (tertiary/aromatic N) is 2. The molecule has 0 aliphatic rings. The van der Waals surface area contributed by atoms with Gasteiger partial charge in [-0.25, -0.2) is 14.5 Å². The first-order chi connectivity index (χ1) is 11.9. The minimum atomic E-state index is -0.422. The summed E-state index contributed by atoms with van der Waals surface area (Å²) in [7, 11) is 0. The van der Waals surface area contributed by atoms with Gasteiger partial charge in [0.05, 0.1) is 11.3 Å². The second kappa shape index (κ2) is 6.45. The number of hydrogen-bond acceptors (Lipinski definition) is 5. The summed E-state index contributed by atoms with van der Waals surface area (Å²) in [6.07, 6.45) is 0. The smallest absolute Gasteiger partial charge is 0.348 e. The van der Waals surface area contributed by atoms with Crippen LogP contribution in [0.15, 0.2) is 41.2 Å².